The van der Waals surface area contributed by atoms with E-state index in [1.165, 1.54) is 11.3 Å². The molecule has 0 spiro atoms. The number of amides is 2. The predicted octanol–water partition coefficient (Wildman–Crippen LogP) is 3.80. The van der Waals surface area contributed by atoms with E-state index in [0.717, 1.165) is 60.8 Å². The van der Waals surface area contributed by atoms with Gasteiger partial charge in [-0.15, -0.1) is 0 Å². The Balaban J connectivity index is 1.40. The molecule has 1 fully saturated rings. The number of hydrogen-bond donors (Lipinski definition) is 3. The molecular formula is C27H35N5O3. The Kier molecular flexibility index (Phi) is 6.40. The molecule has 5 rings (SSSR count). The summed E-state index contributed by atoms with van der Waals surface area (Å²) in [6.45, 7) is 5.28. The van der Waals surface area contributed by atoms with Gasteiger partial charge in [-0.3, -0.25) is 14.7 Å². The number of benzene rings is 1. The lowest BCUT2D eigenvalue weighted by atomic mass is 9.76. The Morgan fingerprint density at radius 2 is 2.06 bits per heavy atom. The van der Waals surface area contributed by atoms with Gasteiger partial charge < -0.3 is 19.9 Å². The minimum absolute atomic E-state index is 0.0370. The second-order valence-corrected chi connectivity index (χ2v) is 10.7. The number of nitrogens with zero attached hydrogens (tertiary/aromatic N) is 3. The van der Waals surface area contributed by atoms with Gasteiger partial charge in [-0.2, -0.15) is 5.10 Å². The maximum absolute atomic E-state index is 13.2. The molecule has 3 aromatic rings. The van der Waals surface area contributed by atoms with Gasteiger partial charge in [0.1, 0.15) is 12.2 Å². The first kappa shape index (κ1) is 23.6. The Morgan fingerprint density at radius 3 is 2.89 bits per heavy atom. The van der Waals surface area contributed by atoms with Gasteiger partial charge in [-0.1, -0.05) is 26.3 Å². The number of aliphatic hydroxyl groups is 1. The van der Waals surface area contributed by atoms with Gasteiger partial charge in [0.25, 0.3) is 0 Å². The number of likely N-dealkylation sites (tertiary alicyclic amines) is 1. The SMILES string of the molecule is CC1(C)CCc2c(-c3cc4ccc(N(CCO)C(=O)CN5CCCCCC5=O)cc4[nH]3)n[nH]c2C1. The lowest BCUT2D eigenvalue weighted by Gasteiger charge is -2.28. The standard InChI is InChI=1S/C27H35N5O3/c1-27(2)10-9-20-23(16-27)29-30-26(20)22-14-18-7-8-19(15-21(18)28-22)32(12-13-33)25(35)17-31-11-5-3-4-6-24(31)34/h7-8,14-15,28,33H,3-6,9-13,16-17H2,1-2H3,(H,29,30). The molecule has 1 aromatic carbocycles. The van der Waals surface area contributed by atoms with E-state index in [2.05, 4.69) is 35.1 Å². The fourth-order valence-electron chi connectivity index (χ4n) is 5.43. The number of anilines is 1. The van der Waals surface area contributed by atoms with Gasteiger partial charge in [0.2, 0.25) is 11.8 Å². The summed E-state index contributed by atoms with van der Waals surface area (Å²) in [5.41, 5.74) is 6.34. The number of H-pyrrole nitrogens is 2. The third-order valence-corrected chi connectivity index (χ3v) is 7.45. The predicted molar refractivity (Wildman–Crippen MR) is 136 cm³/mol. The van der Waals surface area contributed by atoms with Crippen LogP contribution in [0.5, 0.6) is 0 Å². The molecule has 1 aliphatic heterocycles. The fraction of sp³-hybridized carbons (Fsp3) is 0.519. The Hall–Kier alpha value is -3.13. The van der Waals surface area contributed by atoms with Crippen LogP contribution in [-0.4, -0.2) is 63.2 Å². The summed E-state index contributed by atoms with van der Waals surface area (Å²) in [6, 6.07) is 7.93. The molecule has 0 atom stereocenters. The maximum Gasteiger partial charge on any atom is 0.246 e. The molecule has 0 radical (unpaired) electrons. The average Bonchev–Trinajstić information content (AvgIpc) is 3.37. The van der Waals surface area contributed by atoms with Crippen LogP contribution in [0, 0.1) is 5.41 Å². The normalized spacial score (nSPS) is 17.9. The number of carbonyl (C=O) groups excluding carboxylic acids is 2. The van der Waals surface area contributed by atoms with Crippen LogP contribution in [0.15, 0.2) is 24.3 Å². The van der Waals surface area contributed by atoms with Crippen molar-refractivity contribution in [1.29, 1.82) is 0 Å². The lowest BCUT2D eigenvalue weighted by molar-refractivity contribution is -0.134. The minimum Gasteiger partial charge on any atom is -0.395 e. The van der Waals surface area contributed by atoms with Crippen LogP contribution in [-0.2, 0) is 22.4 Å². The first-order valence-corrected chi connectivity index (χ1v) is 12.7. The van der Waals surface area contributed by atoms with Gasteiger partial charge in [-0.25, -0.2) is 0 Å². The van der Waals surface area contributed by atoms with Gasteiger partial charge in [-0.05, 0) is 55.7 Å². The molecule has 35 heavy (non-hydrogen) atoms. The number of aromatic nitrogens is 3. The Labute approximate surface area is 205 Å². The zero-order valence-corrected chi connectivity index (χ0v) is 20.7. The van der Waals surface area contributed by atoms with Crippen LogP contribution >= 0.6 is 0 Å². The molecule has 0 unspecified atom stereocenters. The minimum atomic E-state index is -0.176. The Bertz CT molecular complexity index is 1240. The highest BCUT2D eigenvalue weighted by Crippen LogP contribution is 2.38. The van der Waals surface area contributed by atoms with Gasteiger partial charge >= 0.3 is 0 Å². The zero-order chi connectivity index (χ0) is 24.6. The molecule has 8 heteroatoms. The maximum atomic E-state index is 13.2. The molecule has 3 N–H and O–H groups in total. The van der Waals surface area contributed by atoms with Crippen molar-refractivity contribution in [3.8, 4) is 11.4 Å². The van der Waals surface area contributed by atoms with E-state index in [1.54, 1.807) is 9.80 Å². The van der Waals surface area contributed by atoms with Crippen molar-refractivity contribution in [3.05, 3.63) is 35.5 Å². The number of nitrogens with one attached hydrogen (secondary N) is 2. The van der Waals surface area contributed by atoms with Gasteiger partial charge in [0, 0.05) is 47.4 Å². The molecular weight excluding hydrogens is 442 g/mol. The van der Waals surface area contributed by atoms with Crippen molar-refractivity contribution < 1.29 is 14.7 Å². The summed E-state index contributed by atoms with van der Waals surface area (Å²) in [5, 5.41) is 18.6. The van der Waals surface area contributed by atoms with Crippen molar-refractivity contribution in [2.45, 2.75) is 58.8 Å². The number of rotatable bonds is 6. The first-order chi connectivity index (χ1) is 16.8. The van der Waals surface area contributed by atoms with Gasteiger partial charge in [0.15, 0.2) is 0 Å². The first-order valence-electron chi connectivity index (χ1n) is 12.7. The van der Waals surface area contributed by atoms with E-state index in [0.29, 0.717) is 18.7 Å². The van der Waals surface area contributed by atoms with E-state index >= 15 is 0 Å². The fourth-order valence-corrected chi connectivity index (χ4v) is 5.43. The van der Waals surface area contributed by atoms with Gasteiger partial charge in [0.05, 0.1) is 12.3 Å². The molecule has 0 saturated carbocycles. The van der Waals surface area contributed by atoms with Crippen LogP contribution in [0.1, 0.15) is 57.2 Å². The Morgan fingerprint density at radius 1 is 1.20 bits per heavy atom. The monoisotopic (exact) mass is 477 g/mol. The summed E-state index contributed by atoms with van der Waals surface area (Å²) < 4.78 is 0. The van der Waals surface area contributed by atoms with Crippen molar-refractivity contribution in [2.24, 2.45) is 5.41 Å². The smallest absolute Gasteiger partial charge is 0.246 e. The number of aromatic amines is 2. The molecule has 1 saturated heterocycles. The molecule has 8 nitrogen and oxygen atoms in total. The summed E-state index contributed by atoms with van der Waals surface area (Å²) in [5.74, 6) is -0.139. The highest BCUT2D eigenvalue weighted by atomic mass is 16.3. The van der Waals surface area contributed by atoms with Crippen molar-refractivity contribution in [2.75, 3.05) is 31.1 Å². The second-order valence-electron chi connectivity index (χ2n) is 10.7. The number of aliphatic hydroxyl groups excluding tert-OH is 1. The van der Waals surface area contributed by atoms with E-state index in [9.17, 15) is 14.7 Å². The van der Waals surface area contributed by atoms with E-state index in [1.807, 2.05) is 18.2 Å². The van der Waals surface area contributed by atoms with Crippen molar-refractivity contribution >= 4 is 28.4 Å². The molecule has 2 aromatic heterocycles. The zero-order valence-electron chi connectivity index (χ0n) is 20.7. The summed E-state index contributed by atoms with van der Waals surface area (Å²) >= 11 is 0. The van der Waals surface area contributed by atoms with Crippen LogP contribution in [0.3, 0.4) is 0 Å². The van der Waals surface area contributed by atoms with E-state index < -0.39 is 0 Å². The van der Waals surface area contributed by atoms with Crippen LogP contribution in [0.2, 0.25) is 0 Å². The summed E-state index contributed by atoms with van der Waals surface area (Å²) in [7, 11) is 0. The third kappa shape index (κ3) is 4.85. The molecule has 2 amide bonds. The van der Waals surface area contributed by atoms with E-state index in [-0.39, 0.29) is 36.9 Å². The highest BCUT2D eigenvalue weighted by molar-refractivity contribution is 5.99. The summed E-state index contributed by atoms with van der Waals surface area (Å²) in [4.78, 5) is 32.3. The highest BCUT2D eigenvalue weighted by Gasteiger charge is 2.29. The van der Waals surface area contributed by atoms with Crippen LogP contribution in [0.4, 0.5) is 5.69 Å². The van der Waals surface area contributed by atoms with E-state index in [4.69, 9.17) is 0 Å². The molecule has 1 aliphatic carbocycles. The number of hydrogen-bond acceptors (Lipinski definition) is 4. The average molecular weight is 478 g/mol. The van der Waals surface area contributed by atoms with Crippen LogP contribution in [0.25, 0.3) is 22.3 Å². The molecule has 2 aliphatic rings. The molecule has 3 heterocycles. The topological polar surface area (TPSA) is 105 Å². The van der Waals surface area contributed by atoms with Crippen molar-refractivity contribution in [3.63, 3.8) is 0 Å². The summed E-state index contributed by atoms with van der Waals surface area (Å²) in [6.07, 6.45) is 6.45. The lowest BCUT2D eigenvalue weighted by Crippen LogP contribution is -2.44. The van der Waals surface area contributed by atoms with Crippen molar-refractivity contribution in [1.82, 2.24) is 20.1 Å². The largest absolute Gasteiger partial charge is 0.395 e. The molecule has 186 valence electrons. The quantitative estimate of drug-likeness (QED) is 0.502. The van der Waals surface area contributed by atoms with Crippen LogP contribution < -0.4 is 4.90 Å². The number of fused-ring (bicyclic) bond motifs is 2. The second kappa shape index (κ2) is 9.49. The number of carbonyl (C=O) groups is 2. The third-order valence-electron chi connectivity index (χ3n) is 7.45. The molecule has 0 bridgehead atoms.